The first kappa shape index (κ1) is 43.8. The van der Waals surface area contributed by atoms with Gasteiger partial charge in [0.15, 0.2) is 0 Å². The van der Waals surface area contributed by atoms with Crippen molar-refractivity contribution in [2.75, 3.05) is 94.1 Å². The largest absolute Gasteiger partial charge is 0.355 e. The summed E-state index contributed by atoms with van der Waals surface area (Å²) in [5, 5.41) is 4.13. The second-order valence-electron chi connectivity index (χ2n) is 20.8. The summed E-state index contributed by atoms with van der Waals surface area (Å²) in [4.78, 5) is 46.0. The van der Waals surface area contributed by atoms with E-state index in [0.717, 1.165) is 69.5 Å². The number of fused-ring (bicyclic) bond motifs is 14. The van der Waals surface area contributed by atoms with E-state index in [0.29, 0.717) is 0 Å². The number of hydrogen-bond acceptors (Lipinski definition) is 16. The van der Waals surface area contributed by atoms with Crippen LogP contribution in [0.1, 0.15) is 0 Å². The van der Waals surface area contributed by atoms with E-state index in [1.165, 1.54) is 97.9 Å². The Kier molecular flexibility index (Phi) is 9.28. The van der Waals surface area contributed by atoms with E-state index in [4.69, 9.17) is 19.9 Å². The summed E-state index contributed by atoms with van der Waals surface area (Å²) in [6.45, 7) is 2.73. The zero-order chi connectivity index (χ0) is 50.2. The molecular weight excluding hydrogens is 1010 g/mol. The van der Waals surface area contributed by atoms with Crippen molar-refractivity contribution in [2.24, 2.45) is 0 Å². The quantitative estimate of drug-likeness (QED) is 0.159. The van der Waals surface area contributed by atoms with E-state index in [1.54, 1.807) is 0 Å². The Hall–Kier alpha value is -7.37. The molecule has 0 N–H and O–H groups in total. The van der Waals surface area contributed by atoms with Crippen molar-refractivity contribution in [3.8, 4) is 0 Å². The van der Waals surface area contributed by atoms with Crippen LogP contribution in [0.3, 0.4) is 0 Å². The van der Waals surface area contributed by atoms with Gasteiger partial charge in [0, 0.05) is 47.8 Å². The molecule has 0 aliphatic carbocycles. The van der Waals surface area contributed by atoms with E-state index in [9.17, 15) is 0 Å². The minimum Gasteiger partial charge on any atom is -0.355 e. The van der Waals surface area contributed by atoms with Crippen molar-refractivity contribution in [2.45, 2.75) is 39.7 Å². The summed E-state index contributed by atoms with van der Waals surface area (Å²) in [5.74, 6) is 0. The van der Waals surface area contributed by atoms with Gasteiger partial charge < -0.3 is 39.2 Å². The Bertz CT molecular complexity index is 3540. The number of rotatable bonds is 4. The number of aromatic nitrogens is 4. The molecule has 0 fully saturated rings. The molecule has 18 heteroatoms. The van der Waals surface area contributed by atoms with E-state index < -0.39 is 0 Å². The van der Waals surface area contributed by atoms with Crippen LogP contribution in [0.5, 0.6) is 0 Å². The third kappa shape index (κ3) is 6.12. The molecule has 0 amide bonds. The van der Waals surface area contributed by atoms with Crippen molar-refractivity contribution in [3.05, 3.63) is 146 Å². The fourth-order valence-electron chi connectivity index (χ4n) is 13.0. The first-order valence-corrected chi connectivity index (χ1v) is 28.8. The van der Waals surface area contributed by atoms with E-state index in [1.807, 2.05) is 47.0 Å². The third-order valence-corrected chi connectivity index (χ3v) is 21.4. The molecule has 4 aromatic heterocycles. The minimum absolute atomic E-state index is 0.127. The Morgan fingerprint density at radius 1 is 0.329 bits per heavy atom. The first-order chi connectivity index (χ1) is 37.3. The molecule has 12 heterocycles. The zero-order valence-electron chi connectivity index (χ0n) is 41.8. The molecular formula is C58H44B2N12S4. The van der Waals surface area contributed by atoms with Gasteiger partial charge in [0.05, 0.1) is 140 Å². The molecule has 76 heavy (non-hydrogen) atoms. The summed E-state index contributed by atoms with van der Waals surface area (Å²) < 4.78 is 0. The molecule has 0 saturated carbocycles. The standard InChI is InChI=1S/C58H44B2N12S4/c1-65-29-69(45-17-9-5-13-41(45)65)33-21-37-55(61-25-33)73-51-49-52(74-56-38(59(37)49)22-34(26-62-56)70-30-66(2)42-14-6-10-18-46(42)70)54-50-53(51)75-57-39(23-35(27-63-57)71-31-67(3)43-15-7-11-19-47(43)71)60(50)40-24-36(28-64-58(40)76-54)72-32-68(4)44-16-8-12-20-48(44)72/h5-28H,29-32H2,1-4H3. The predicted molar refractivity (Wildman–Crippen MR) is 317 cm³/mol. The average molecular weight is 1060 g/mol. The minimum atomic E-state index is -0.127. The Balaban J connectivity index is 0.879. The second kappa shape index (κ2) is 16.1. The van der Waals surface area contributed by atoms with Crippen LogP contribution in [0, 0.1) is 0 Å². The Labute approximate surface area is 458 Å². The van der Waals surface area contributed by atoms with Crippen molar-refractivity contribution < 1.29 is 0 Å². The highest BCUT2D eigenvalue weighted by Crippen LogP contribution is 2.52. The Morgan fingerprint density at radius 2 is 0.553 bits per heavy atom. The van der Waals surface area contributed by atoms with Gasteiger partial charge >= 0.3 is 0 Å². The molecule has 366 valence electrons. The van der Waals surface area contributed by atoms with Gasteiger partial charge in [0.1, 0.15) is 0 Å². The molecule has 17 rings (SSSR count). The predicted octanol–water partition coefficient (Wildman–Crippen LogP) is 8.34. The van der Waals surface area contributed by atoms with Crippen molar-refractivity contribution in [3.63, 3.8) is 0 Å². The van der Waals surface area contributed by atoms with E-state index >= 15 is 0 Å². The monoisotopic (exact) mass is 1060 g/mol. The highest BCUT2D eigenvalue weighted by Gasteiger charge is 2.49. The smallest absolute Gasteiger partial charge is 0.251 e. The molecule has 0 bridgehead atoms. The molecule has 0 saturated heterocycles. The van der Waals surface area contributed by atoms with Gasteiger partial charge in [-0.05, 0) is 106 Å². The van der Waals surface area contributed by atoms with Crippen LogP contribution in [0.15, 0.2) is 186 Å². The van der Waals surface area contributed by atoms with Gasteiger partial charge in [-0.1, -0.05) is 95.6 Å². The van der Waals surface area contributed by atoms with E-state index in [-0.39, 0.29) is 13.4 Å². The molecule has 0 unspecified atom stereocenters. The summed E-state index contributed by atoms with van der Waals surface area (Å²) in [5.41, 5.74) is 21.5. The SMILES string of the molecule is CN1CN(c2cnc3c(c2)B2c4cc(N5CN(C)c6ccccc65)cnc4Sc4c5c6c(c(c42)S3)Sc2ncc(N3CN(C)c4ccccc43)cc2B6c2cc(N3CN(C)c4ccccc43)cnc2S5)c2ccccc21. The number of pyridine rings is 4. The molecule has 8 aliphatic rings. The highest BCUT2D eigenvalue weighted by atomic mass is 32.2. The molecule has 8 aliphatic heterocycles. The maximum atomic E-state index is 5.49. The normalized spacial score (nSPS) is 16.5. The zero-order valence-corrected chi connectivity index (χ0v) is 45.1. The van der Waals surface area contributed by atoms with Crippen molar-refractivity contribution >= 4 is 161 Å². The maximum absolute atomic E-state index is 5.49. The number of hydrogen-bond donors (Lipinski definition) is 0. The molecule has 5 aromatic carbocycles. The van der Waals surface area contributed by atoms with Crippen molar-refractivity contribution in [1.82, 2.24) is 19.9 Å². The number of nitrogens with zero attached hydrogens (tertiary/aromatic N) is 12. The Morgan fingerprint density at radius 3 is 0.789 bits per heavy atom. The lowest BCUT2D eigenvalue weighted by atomic mass is 9.34. The first-order valence-electron chi connectivity index (χ1n) is 25.6. The van der Waals surface area contributed by atoms with Crippen LogP contribution in [0.2, 0.25) is 0 Å². The number of benzene rings is 5. The summed E-state index contributed by atoms with van der Waals surface area (Å²) in [6, 6.07) is 44.5. The van der Waals surface area contributed by atoms with Gasteiger partial charge in [0.25, 0.3) is 13.4 Å². The second-order valence-corrected chi connectivity index (χ2v) is 24.8. The van der Waals surface area contributed by atoms with Crippen LogP contribution in [-0.2, 0) is 0 Å². The lowest BCUT2D eigenvalue weighted by molar-refractivity contribution is 0.941. The summed E-state index contributed by atoms with van der Waals surface area (Å²) >= 11 is 7.35. The van der Waals surface area contributed by atoms with Crippen LogP contribution in [-0.4, -0.2) is 88.2 Å². The fraction of sp³-hybridized carbons (Fsp3) is 0.138. The lowest BCUT2D eigenvalue weighted by Crippen LogP contribution is -2.63. The fourth-order valence-corrected chi connectivity index (χ4v) is 18.1. The molecule has 12 nitrogen and oxygen atoms in total. The average Bonchev–Trinajstić information content (AvgIpc) is 4.34. The highest BCUT2D eigenvalue weighted by molar-refractivity contribution is 8.05. The van der Waals surface area contributed by atoms with Gasteiger partial charge in [-0.15, -0.1) is 0 Å². The third-order valence-electron chi connectivity index (χ3n) is 16.5. The van der Waals surface area contributed by atoms with Crippen LogP contribution in [0.25, 0.3) is 0 Å². The van der Waals surface area contributed by atoms with Gasteiger partial charge in [-0.2, -0.15) is 0 Å². The van der Waals surface area contributed by atoms with Crippen LogP contribution >= 0.6 is 47.0 Å². The number of para-hydroxylation sites is 8. The van der Waals surface area contributed by atoms with Crippen molar-refractivity contribution in [1.29, 1.82) is 0 Å². The topological polar surface area (TPSA) is 77.5 Å². The molecule has 0 radical (unpaired) electrons. The summed E-state index contributed by atoms with van der Waals surface area (Å²) in [7, 11) is 8.69. The molecule has 0 atom stereocenters. The summed E-state index contributed by atoms with van der Waals surface area (Å²) in [6.07, 6.45) is 8.38. The number of anilines is 12. The van der Waals surface area contributed by atoms with Crippen LogP contribution in [0.4, 0.5) is 68.2 Å². The van der Waals surface area contributed by atoms with E-state index in [2.05, 4.69) is 214 Å². The van der Waals surface area contributed by atoms with Gasteiger partial charge in [0.2, 0.25) is 0 Å². The molecule has 0 spiro atoms. The van der Waals surface area contributed by atoms with Crippen LogP contribution < -0.4 is 72.0 Å². The lowest BCUT2D eigenvalue weighted by Gasteiger charge is -2.40. The maximum Gasteiger partial charge on any atom is 0.251 e. The van der Waals surface area contributed by atoms with Gasteiger partial charge in [-0.3, -0.25) is 0 Å². The van der Waals surface area contributed by atoms with Gasteiger partial charge in [-0.25, -0.2) is 19.9 Å². The molecule has 9 aromatic rings.